The molecule has 0 aromatic carbocycles. The first kappa shape index (κ1) is 9.52. The number of nitrogens with zero attached hydrogens (tertiary/aromatic N) is 1. The first-order valence-electron chi connectivity index (χ1n) is 4.01. The van der Waals surface area contributed by atoms with Gasteiger partial charge in [-0.05, 0) is 18.6 Å². The van der Waals surface area contributed by atoms with Crippen molar-refractivity contribution in [1.82, 2.24) is 4.98 Å². The summed E-state index contributed by atoms with van der Waals surface area (Å²) in [6.45, 7) is 4.22. The molecule has 1 aromatic heterocycles. The van der Waals surface area contributed by atoms with E-state index in [1.165, 1.54) is 6.07 Å². The molecule has 0 aliphatic heterocycles. The number of aromatic nitrogens is 1. The van der Waals surface area contributed by atoms with Gasteiger partial charge in [0.05, 0.1) is 5.03 Å². The quantitative estimate of drug-likeness (QED) is 0.530. The second-order valence-electron chi connectivity index (χ2n) is 2.64. The summed E-state index contributed by atoms with van der Waals surface area (Å²) in [7, 11) is 0. The molecule has 66 valence electrons. The number of rotatable bonds is 3. The molecule has 1 atom stereocenters. The Balaban J connectivity index is 2.63. The Morgan fingerprint density at radius 2 is 2.33 bits per heavy atom. The molecule has 1 aromatic rings. The van der Waals surface area contributed by atoms with Crippen LogP contribution in [0.5, 0.6) is 0 Å². The molecule has 0 radical (unpaired) electrons. The van der Waals surface area contributed by atoms with Crippen LogP contribution in [0, 0.1) is 5.95 Å². The lowest BCUT2D eigenvalue weighted by Crippen LogP contribution is -1.94. The fraction of sp³-hybridized carbons (Fsp3) is 0.444. The van der Waals surface area contributed by atoms with Crippen molar-refractivity contribution in [3.8, 4) is 0 Å². The third-order valence-corrected chi connectivity index (χ3v) is 2.79. The number of halogens is 1. The van der Waals surface area contributed by atoms with Gasteiger partial charge in [0.1, 0.15) is 0 Å². The van der Waals surface area contributed by atoms with E-state index in [9.17, 15) is 4.39 Å². The summed E-state index contributed by atoms with van der Waals surface area (Å²) in [5.74, 6) is -0.400. The molecular weight excluding hydrogens is 173 g/mol. The first-order chi connectivity index (χ1) is 5.72. The highest BCUT2D eigenvalue weighted by Crippen LogP contribution is 2.22. The normalized spacial score (nSPS) is 12.9. The highest BCUT2D eigenvalue weighted by atomic mass is 32.2. The van der Waals surface area contributed by atoms with Crippen molar-refractivity contribution >= 4 is 11.8 Å². The van der Waals surface area contributed by atoms with Crippen molar-refractivity contribution in [3.63, 3.8) is 0 Å². The van der Waals surface area contributed by atoms with Crippen LogP contribution in [-0.4, -0.2) is 10.2 Å². The van der Waals surface area contributed by atoms with Gasteiger partial charge in [0.15, 0.2) is 0 Å². The Bertz CT molecular complexity index is 252. The fourth-order valence-corrected chi connectivity index (χ4v) is 1.62. The van der Waals surface area contributed by atoms with Crippen LogP contribution in [0.25, 0.3) is 0 Å². The summed E-state index contributed by atoms with van der Waals surface area (Å²) >= 11 is 1.61. The monoisotopic (exact) mass is 185 g/mol. The maximum absolute atomic E-state index is 12.6. The molecule has 0 fully saturated rings. The molecule has 3 heteroatoms. The van der Waals surface area contributed by atoms with Gasteiger partial charge in [-0.1, -0.05) is 19.9 Å². The van der Waals surface area contributed by atoms with Gasteiger partial charge in [0, 0.05) is 5.25 Å². The molecule has 0 aliphatic carbocycles. The van der Waals surface area contributed by atoms with Gasteiger partial charge >= 0.3 is 0 Å². The molecule has 1 unspecified atom stereocenters. The van der Waals surface area contributed by atoms with Crippen molar-refractivity contribution in [2.45, 2.75) is 30.5 Å². The first-order valence-corrected chi connectivity index (χ1v) is 4.89. The number of pyridine rings is 1. The Morgan fingerprint density at radius 3 is 2.92 bits per heavy atom. The molecule has 0 spiro atoms. The van der Waals surface area contributed by atoms with Crippen LogP contribution in [-0.2, 0) is 0 Å². The van der Waals surface area contributed by atoms with Crippen LogP contribution in [0.4, 0.5) is 4.39 Å². The van der Waals surface area contributed by atoms with E-state index in [0.29, 0.717) is 5.25 Å². The van der Waals surface area contributed by atoms with Gasteiger partial charge in [-0.3, -0.25) is 0 Å². The number of thioether (sulfide) groups is 1. The summed E-state index contributed by atoms with van der Waals surface area (Å²) in [6.07, 6.45) is 1.07. The minimum absolute atomic E-state index is 0.400. The van der Waals surface area contributed by atoms with E-state index in [1.807, 2.05) is 6.07 Å². The van der Waals surface area contributed by atoms with Crippen LogP contribution in [0.3, 0.4) is 0 Å². The highest BCUT2D eigenvalue weighted by Gasteiger charge is 2.02. The van der Waals surface area contributed by atoms with E-state index in [1.54, 1.807) is 17.8 Å². The Kier molecular flexibility index (Phi) is 3.53. The predicted molar refractivity (Wildman–Crippen MR) is 49.8 cm³/mol. The summed E-state index contributed by atoms with van der Waals surface area (Å²) in [5, 5.41) is 1.27. The van der Waals surface area contributed by atoms with Crippen molar-refractivity contribution in [3.05, 3.63) is 24.1 Å². The molecule has 0 saturated carbocycles. The lowest BCUT2D eigenvalue weighted by atomic mass is 10.4. The van der Waals surface area contributed by atoms with E-state index in [-0.39, 0.29) is 0 Å². The zero-order chi connectivity index (χ0) is 8.97. The van der Waals surface area contributed by atoms with Crippen molar-refractivity contribution in [2.75, 3.05) is 0 Å². The topological polar surface area (TPSA) is 12.9 Å². The van der Waals surface area contributed by atoms with E-state index >= 15 is 0 Å². The minimum Gasteiger partial charge on any atom is -0.213 e. The Hall–Kier alpha value is -0.570. The van der Waals surface area contributed by atoms with Crippen molar-refractivity contribution in [2.24, 2.45) is 0 Å². The summed E-state index contributed by atoms with van der Waals surface area (Å²) in [6, 6.07) is 4.88. The molecule has 1 nitrogen and oxygen atoms in total. The molecule has 12 heavy (non-hydrogen) atoms. The molecule has 1 rings (SSSR count). The average Bonchev–Trinajstić information content (AvgIpc) is 2.04. The zero-order valence-corrected chi connectivity index (χ0v) is 8.07. The van der Waals surface area contributed by atoms with Gasteiger partial charge in [0.2, 0.25) is 5.95 Å². The molecule has 0 N–H and O–H groups in total. The van der Waals surface area contributed by atoms with Crippen LogP contribution in [0.15, 0.2) is 23.2 Å². The molecular formula is C9H12FNS. The van der Waals surface area contributed by atoms with Gasteiger partial charge in [0.25, 0.3) is 0 Å². The van der Waals surface area contributed by atoms with Crippen molar-refractivity contribution < 1.29 is 4.39 Å². The van der Waals surface area contributed by atoms with Crippen LogP contribution < -0.4 is 0 Å². The number of hydrogen-bond acceptors (Lipinski definition) is 2. The fourth-order valence-electron chi connectivity index (χ4n) is 0.745. The van der Waals surface area contributed by atoms with E-state index in [2.05, 4.69) is 18.8 Å². The molecule has 0 bridgehead atoms. The largest absolute Gasteiger partial charge is 0.213 e. The third kappa shape index (κ3) is 2.81. The van der Waals surface area contributed by atoms with Crippen LogP contribution >= 0.6 is 11.8 Å². The standard InChI is InChI=1S/C9H12FNS/c1-3-7(2)12-9-6-4-5-8(10)11-9/h4-7H,3H2,1-2H3. The van der Waals surface area contributed by atoms with Gasteiger partial charge in [-0.15, -0.1) is 11.8 Å². The maximum atomic E-state index is 12.6. The van der Waals surface area contributed by atoms with Gasteiger partial charge in [-0.25, -0.2) is 4.98 Å². The zero-order valence-electron chi connectivity index (χ0n) is 7.25. The third-order valence-electron chi connectivity index (χ3n) is 1.59. The molecule has 0 aliphatic rings. The van der Waals surface area contributed by atoms with Crippen LogP contribution in [0.1, 0.15) is 20.3 Å². The predicted octanol–water partition coefficient (Wildman–Crippen LogP) is 3.11. The van der Waals surface area contributed by atoms with Gasteiger partial charge in [-0.2, -0.15) is 4.39 Å². The smallest absolute Gasteiger partial charge is 0.213 e. The average molecular weight is 185 g/mol. The second kappa shape index (κ2) is 4.45. The lowest BCUT2D eigenvalue weighted by molar-refractivity contribution is 0.572. The van der Waals surface area contributed by atoms with E-state index < -0.39 is 5.95 Å². The number of hydrogen-bond donors (Lipinski definition) is 0. The summed E-state index contributed by atoms with van der Waals surface area (Å²) in [5.41, 5.74) is 0. The molecule has 1 heterocycles. The minimum atomic E-state index is -0.400. The lowest BCUT2D eigenvalue weighted by Gasteiger charge is -2.05. The highest BCUT2D eigenvalue weighted by molar-refractivity contribution is 7.99. The maximum Gasteiger partial charge on any atom is 0.213 e. The Labute approximate surface area is 76.4 Å². The van der Waals surface area contributed by atoms with Gasteiger partial charge < -0.3 is 0 Å². The van der Waals surface area contributed by atoms with E-state index in [0.717, 1.165) is 11.4 Å². The van der Waals surface area contributed by atoms with E-state index in [4.69, 9.17) is 0 Å². The van der Waals surface area contributed by atoms with Crippen LogP contribution in [0.2, 0.25) is 0 Å². The Morgan fingerprint density at radius 1 is 1.58 bits per heavy atom. The summed E-state index contributed by atoms with van der Waals surface area (Å²) < 4.78 is 12.6. The second-order valence-corrected chi connectivity index (χ2v) is 4.09. The van der Waals surface area contributed by atoms with Crippen molar-refractivity contribution in [1.29, 1.82) is 0 Å². The SMILES string of the molecule is CCC(C)Sc1cccc(F)n1. The molecule has 0 saturated heterocycles. The molecule has 0 amide bonds. The summed E-state index contributed by atoms with van der Waals surface area (Å²) in [4.78, 5) is 3.76.